The molecule has 1 fully saturated rings. The van der Waals surface area contributed by atoms with Crippen molar-refractivity contribution in [3.05, 3.63) is 12.2 Å². The highest BCUT2D eigenvalue weighted by Crippen LogP contribution is 2.23. The van der Waals surface area contributed by atoms with Gasteiger partial charge in [0.05, 0.1) is 5.54 Å². The van der Waals surface area contributed by atoms with E-state index in [1.54, 1.807) is 0 Å². The van der Waals surface area contributed by atoms with Gasteiger partial charge in [-0.25, -0.2) is 0 Å². The second kappa shape index (κ2) is 4.93. The predicted octanol–water partition coefficient (Wildman–Crippen LogP) is 2.79. The van der Waals surface area contributed by atoms with Gasteiger partial charge in [-0.3, -0.25) is 9.69 Å². The van der Waals surface area contributed by atoms with Crippen LogP contribution in [-0.2, 0) is 4.79 Å². The lowest BCUT2D eigenvalue weighted by Crippen LogP contribution is -2.50. The minimum Gasteiger partial charge on any atom is -0.292 e. The van der Waals surface area contributed by atoms with Gasteiger partial charge in [-0.1, -0.05) is 19.4 Å². The molecule has 0 bridgehead atoms. The van der Waals surface area contributed by atoms with E-state index in [1.807, 2.05) is 20.8 Å². The fourth-order valence-corrected chi connectivity index (χ4v) is 2.30. The van der Waals surface area contributed by atoms with E-state index in [2.05, 4.69) is 11.5 Å². The molecule has 86 valence electrons. The van der Waals surface area contributed by atoms with Gasteiger partial charge in [0.15, 0.2) is 5.78 Å². The third-order valence-electron chi connectivity index (χ3n) is 3.34. The lowest BCUT2D eigenvalue weighted by atomic mass is 9.92. The van der Waals surface area contributed by atoms with Gasteiger partial charge in [0.1, 0.15) is 0 Å². The number of rotatable bonds is 3. The Bertz CT molecular complexity index is 247. The summed E-state index contributed by atoms with van der Waals surface area (Å²) in [5.41, 5.74) is 0.306. The van der Waals surface area contributed by atoms with Gasteiger partial charge in [0.25, 0.3) is 0 Å². The summed E-state index contributed by atoms with van der Waals surface area (Å²) in [5.74, 6) is 0.185. The number of hydrogen-bond acceptors (Lipinski definition) is 2. The van der Waals surface area contributed by atoms with Crippen LogP contribution in [0.3, 0.4) is 0 Å². The third-order valence-corrected chi connectivity index (χ3v) is 3.34. The topological polar surface area (TPSA) is 20.3 Å². The van der Waals surface area contributed by atoms with E-state index < -0.39 is 0 Å². The lowest BCUT2D eigenvalue weighted by Gasteiger charge is -2.36. The maximum absolute atomic E-state index is 12.0. The number of hydrogen-bond donors (Lipinski definition) is 0. The van der Waals surface area contributed by atoms with Crippen LogP contribution in [0.5, 0.6) is 0 Å². The van der Waals surface area contributed by atoms with E-state index >= 15 is 0 Å². The first-order valence-electron chi connectivity index (χ1n) is 5.91. The van der Waals surface area contributed by atoms with Crippen LogP contribution >= 0.6 is 0 Å². The summed E-state index contributed by atoms with van der Waals surface area (Å²) < 4.78 is 0. The fraction of sp³-hybridized carbons (Fsp3) is 0.769. The van der Waals surface area contributed by atoms with Crippen LogP contribution in [0.4, 0.5) is 0 Å². The van der Waals surface area contributed by atoms with Crippen molar-refractivity contribution in [1.82, 2.24) is 4.90 Å². The van der Waals surface area contributed by atoms with Crippen LogP contribution in [0, 0.1) is 0 Å². The molecular weight excluding hydrogens is 186 g/mol. The van der Waals surface area contributed by atoms with Crippen molar-refractivity contribution in [2.24, 2.45) is 0 Å². The van der Waals surface area contributed by atoms with Crippen LogP contribution < -0.4 is 0 Å². The molecule has 0 aromatic heterocycles. The van der Waals surface area contributed by atoms with Gasteiger partial charge in [-0.05, 0) is 52.3 Å². The highest BCUT2D eigenvalue weighted by atomic mass is 16.1. The minimum absolute atomic E-state index is 0.185. The first-order valence-corrected chi connectivity index (χ1v) is 5.91. The smallest absolute Gasteiger partial charge is 0.177 e. The summed E-state index contributed by atoms with van der Waals surface area (Å²) in [7, 11) is 0. The van der Waals surface area contributed by atoms with Crippen LogP contribution in [0.1, 0.15) is 46.5 Å². The summed E-state index contributed by atoms with van der Waals surface area (Å²) in [6.07, 6.45) is 5.03. The molecule has 0 N–H and O–H groups in total. The van der Waals surface area contributed by atoms with Crippen LogP contribution in [0.25, 0.3) is 0 Å². The first-order chi connectivity index (χ1) is 6.96. The molecule has 1 heterocycles. The Morgan fingerprint density at radius 1 is 1.13 bits per heavy atom. The summed E-state index contributed by atoms with van der Waals surface area (Å²) in [6.45, 7) is 11.7. The zero-order valence-electron chi connectivity index (χ0n) is 10.3. The van der Waals surface area contributed by atoms with Gasteiger partial charge < -0.3 is 0 Å². The van der Waals surface area contributed by atoms with E-state index in [-0.39, 0.29) is 11.3 Å². The maximum atomic E-state index is 12.0. The van der Waals surface area contributed by atoms with Gasteiger partial charge in [0.2, 0.25) is 0 Å². The Hall–Kier alpha value is -0.630. The molecule has 1 aliphatic rings. The molecule has 1 aliphatic heterocycles. The third kappa shape index (κ3) is 2.91. The maximum Gasteiger partial charge on any atom is 0.177 e. The van der Waals surface area contributed by atoms with Crippen molar-refractivity contribution in [3.63, 3.8) is 0 Å². The molecular formula is C13H23NO. The second-order valence-electron chi connectivity index (χ2n) is 5.07. The molecule has 0 radical (unpaired) electrons. The molecule has 0 saturated carbocycles. The summed E-state index contributed by atoms with van der Waals surface area (Å²) in [6, 6.07) is 0. The SMILES string of the molecule is C=C(C)C(=O)C(C)(C)N1CCCCCC1. The van der Waals surface area contributed by atoms with Gasteiger partial charge in [-0.15, -0.1) is 0 Å². The number of Topliss-reactive ketones (excluding diaryl/α,β-unsaturated/α-hetero) is 1. The fourth-order valence-electron chi connectivity index (χ4n) is 2.30. The van der Waals surface area contributed by atoms with E-state index in [0.29, 0.717) is 5.57 Å². The number of carbonyl (C=O) groups is 1. The number of nitrogens with zero attached hydrogens (tertiary/aromatic N) is 1. The van der Waals surface area contributed by atoms with E-state index in [1.165, 1.54) is 25.7 Å². The highest BCUT2D eigenvalue weighted by Gasteiger charge is 2.34. The van der Waals surface area contributed by atoms with Crippen molar-refractivity contribution in [2.75, 3.05) is 13.1 Å². The Morgan fingerprint density at radius 2 is 1.60 bits per heavy atom. The summed E-state index contributed by atoms with van der Waals surface area (Å²) in [4.78, 5) is 14.4. The van der Waals surface area contributed by atoms with Crippen molar-refractivity contribution >= 4 is 5.78 Å². The largest absolute Gasteiger partial charge is 0.292 e. The van der Waals surface area contributed by atoms with Crippen molar-refractivity contribution in [1.29, 1.82) is 0 Å². The quantitative estimate of drug-likeness (QED) is 0.666. The van der Waals surface area contributed by atoms with Crippen LogP contribution in [0.2, 0.25) is 0 Å². The molecule has 15 heavy (non-hydrogen) atoms. The summed E-state index contributed by atoms with van der Waals surface area (Å²) >= 11 is 0. The molecule has 0 aromatic rings. The molecule has 0 amide bonds. The molecule has 2 nitrogen and oxygen atoms in total. The van der Waals surface area contributed by atoms with Gasteiger partial charge >= 0.3 is 0 Å². The first kappa shape index (κ1) is 12.4. The highest BCUT2D eigenvalue weighted by molar-refractivity contribution is 6.01. The molecule has 1 rings (SSSR count). The van der Waals surface area contributed by atoms with Crippen molar-refractivity contribution in [2.45, 2.75) is 52.0 Å². The Kier molecular flexibility index (Phi) is 4.09. The van der Waals surface area contributed by atoms with Crippen LogP contribution in [0.15, 0.2) is 12.2 Å². The molecule has 2 heteroatoms. The Labute approximate surface area is 93.3 Å². The zero-order chi connectivity index (χ0) is 11.5. The predicted molar refractivity (Wildman–Crippen MR) is 63.9 cm³/mol. The molecule has 0 atom stereocenters. The average molecular weight is 209 g/mol. The van der Waals surface area contributed by atoms with E-state index in [4.69, 9.17) is 0 Å². The summed E-state index contributed by atoms with van der Waals surface area (Å²) in [5, 5.41) is 0. The van der Waals surface area contributed by atoms with E-state index in [9.17, 15) is 4.79 Å². The molecule has 0 unspecified atom stereocenters. The zero-order valence-corrected chi connectivity index (χ0v) is 10.3. The monoisotopic (exact) mass is 209 g/mol. The number of carbonyl (C=O) groups excluding carboxylic acids is 1. The Morgan fingerprint density at radius 3 is 2.00 bits per heavy atom. The van der Waals surface area contributed by atoms with Gasteiger partial charge in [-0.2, -0.15) is 0 Å². The van der Waals surface area contributed by atoms with E-state index in [0.717, 1.165) is 13.1 Å². The Balaban J connectivity index is 2.73. The second-order valence-corrected chi connectivity index (χ2v) is 5.07. The van der Waals surface area contributed by atoms with Crippen molar-refractivity contribution < 1.29 is 4.79 Å². The minimum atomic E-state index is -0.365. The van der Waals surface area contributed by atoms with Crippen molar-refractivity contribution in [3.8, 4) is 0 Å². The van der Waals surface area contributed by atoms with Crippen LogP contribution in [-0.4, -0.2) is 29.3 Å². The lowest BCUT2D eigenvalue weighted by molar-refractivity contribution is -0.125. The average Bonchev–Trinajstić information content (AvgIpc) is 2.44. The van der Waals surface area contributed by atoms with Gasteiger partial charge in [0, 0.05) is 0 Å². The number of likely N-dealkylation sites (tertiary alicyclic amines) is 1. The number of ketones is 1. The molecule has 0 spiro atoms. The normalized spacial score (nSPS) is 19.7. The molecule has 1 saturated heterocycles. The molecule has 0 aliphatic carbocycles. The molecule has 0 aromatic carbocycles. The standard InChI is InChI=1S/C13H23NO/c1-11(2)12(15)13(3,4)14-9-7-5-6-8-10-14/h1,5-10H2,2-4H3.